The van der Waals surface area contributed by atoms with E-state index in [0.29, 0.717) is 36.6 Å². The van der Waals surface area contributed by atoms with Crippen LogP contribution in [0.15, 0.2) is 12.1 Å². The van der Waals surface area contributed by atoms with Crippen molar-refractivity contribution < 1.29 is 19.1 Å². The van der Waals surface area contributed by atoms with Crippen LogP contribution in [0, 0.1) is 0 Å². The fourth-order valence-electron chi connectivity index (χ4n) is 1.90. The third kappa shape index (κ3) is 2.16. The van der Waals surface area contributed by atoms with Gasteiger partial charge in [0.25, 0.3) is 5.91 Å². The summed E-state index contributed by atoms with van der Waals surface area (Å²) in [6.07, 6.45) is 0. The van der Waals surface area contributed by atoms with E-state index in [1.165, 1.54) is 0 Å². The van der Waals surface area contributed by atoms with Gasteiger partial charge in [0.05, 0.1) is 13.2 Å². The van der Waals surface area contributed by atoms with E-state index in [4.69, 9.17) is 9.47 Å². The van der Waals surface area contributed by atoms with Crippen LogP contribution >= 0.6 is 0 Å². The van der Waals surface area contributed by atoms with Gasteiger partial charge >= 0.3 is 5.97 Å². The second-order valence-electron chi connectivity index (χ2n) is 3.84. The van der Waals surface area contributed by atoms with Crippen molar-refractivity contribution in [2.75, 3.05) is 13.2 Å². The van der Waals surface area contributed by atoms with Gasteiger partial charge in [0.2, 0.25) is 0 Å². The molecule has 0 unspecified atom stereocenters. The van der Waals surface area contributed by atoms with Crippen LogP contribution in [0.5, 0.6) is 5.75 Å². The molecular formula is C13H15NO4. The van der Waals surface area contributed by atoms with E-state index in [1.807, 2.05) is 6.92 Å². The lowest BCUT2D eigenvalue weighted by Gasteiger charge is -2.11. The molecule has 0 bridgehead atoms. The summed E-state index contributed by atoms with van der Waals surface area (Å²) in [5, 5.41) is 2.71. The van der Waals surface area contributed by atoms with Gasteiger partial charge < -0.3 is 14.8 Å². The average Bonchev–Trinajstić information content (AvgIpc) is 2.71. The van der Waals surface area contributed by atoms with E-state index in [-0.39, 0.29) is 5.91 Å². The Balaban J connectivity index is 2.44. The first-order valence-electron chi connectivity index (χ1n) is 5.92. The molecule has 1 aliphatic heterocycles. The summed E-state index contributed by atoms with van der Waals surface area (Å²) in [6.45, 7) is 4.73. The van der Waals surface area contributed by atoms with Gasteiger partial charge in [0, 0.05) is 12.1 Å². The van der Waals surface area contributed by atoms with Crippen LogP contribution in [-0.4, -0.2) is 25.1 Å². The number of amides is 1. The van der Waals surface area contributed by atoms with Crippen molar-refractivity contribution >= 4 is 11.9 Å². The van der Waals surface area contributed by atoms with E-state index in [9.17, 15) is 9.59 Å². The highest BCUT2D eigenvalue weighted by atomic mass is 16.5. The van der Waals surface area contributed by atoms with Crippen LogP contribution in [0.4, 0.5) is 0 Å². The van der Waals surface area contributed by atoms with Gasteiger partial charge in [0.15, 0.2) is 0 Å². The second-order valence-corrected chi connectivity index (χ2v) is 3.84. The number of carbonyl (C=O) groups is 2. The molecule has 0 saturated heterocycles. The van der Waals surface area contributed by atoms with E-state index < -0.39 is 5.97 Å². The molecule has 18 heavy (non-hydrogen) atoms. The van der Waals surface area contributed by atoms with E-state index in [1.54, 1.807) is 19.1 Å². The van der Waals surface area contributed by atoms with Crippen molar-refractivity contribution in [1.29, 1.82) is 0 Å². The average molecular weight is 249 g/mol. The molecule has 5 heteroatoms. The van der Waals surface area contributed by atoms with Gasteiger partial charge in [-0.05, 0) is 31.5 Å². The largest absolute Gasteiger partial charge is 0.493 e. The number of hydrogen-bond donors (Lipinski definition) is 1. The number of carbonyl (C=O) groups excluding carboxylic acids is 2. The Bertz CT molecular complexity index is 496. The highest BCUT2D eigenvalue weighted by molar-refractivity contribution is 6.01. The summed E-state index contributed by atoms with van der Waals surface area (Å²) in [5.74, 6) is -0.170. The molecule has 1 aromatic carbocycles. The summed E-state index contributed by atoms with van der Waals surface area (Å²) in [5.41, 5.74) is 1.73. The van der Waals surface area contributed by atoms with Crippen LogP contribution in [0.2, 0.25) is 0 Å². The first-order valence-corrected chi connectivity index (χ1v) is 5.92. The molecule has 0 saturated carbocycles. The molecule has 0 aromatic heterocycles. The van der Waals surface area contributed by atoms with Crippen LogP contribution in [0.25, 0.3) is 0 Å². The summed E-state index contributed by atoms with van der Waals surface area (Å²) in [4.78, 5) is 23.4. The van der Waals surface area contributed by atoms with E-state index in [0.717, 1.165) is 5.56 Å². The quantitative estimate of drug-likeness (QED) is 0.821. The predicted molar refractivity (Wildman–Crippen MR) is 64.7 cm³/mol. The minimum Gasteiger partial charge on any atom is -0.493 e. The number of hydrogen-bond acceptors (Lipinski definition) is 4. The Morgan fingerprint density at radius 3 is 2.78 bits per heavy atom. The Morgan fingerprint density at radius 2 is 2.11 bits per heavy atom. The molecule has 0 atom stereocenters. The van der Waals surface area contributed by atoms with Crippen LogP contribution in [0.1, 0.15) is 40.1 Å². The molecular weight excluding hydrogens is 234 g/mol. The van der Waals surface area contributed by atoms with Crippen molar-refractivity contribution in [1.82, 2.24) is 5.32 Å². The van der Waals surface area contributed by atoms with Crippen LogP contribution in [-0.2, 0) is 11.3 Å². The van der Waals surface area contributed by atoms with Gasteiger partial charge in [-0.1, -0.05) is 0 Å². The van der Waals surface area contributed by atoms with Crippen molar-refractivity contribution in [3.63, 3.8) is 0 Å². The molecule has 1 aromatic rings. The zero-order valence-corrected chi connectivity index (χ0v) is 10.4. The number of fused-ring (bicyclic) bond motifs is 1. The number of rotatable bonds is 4. The number of nitrogens with one attached hydrogen (secondary N) is 1. The molecule has 0 radical (unpaired) electrons. The van der Waals surface area contributed by atoms with Gasteiger partial charge in [-0.15, -0.1) is 0 Å². The topological polar surface area (TPSA) is 64.6 Å². The maximum atomic E-state index is 11.8. The lowest BCUT2D eigenvalue weighted by Crippen LogP contribution is -2.12. The molecule has 1 aliphatic rings. The Hall–Kier alpha value is -2.04. The van der Waals surface area contributed by atoms with Gasteiger partial charge in [-0.2, -0.15) is 0 Å². The van der Waals surface area contributed by atoms with Crippen molar-refractivity contribution in [3.8, 4) is 5.75 Å². The molecule has 1 N–H and O–H groups in total. The standard InChI is InChI=1S/C13H15NO4/c1-3-17-11-6-9-8(7-14-12(9)15)5-10(11)13(16)18-4-2/h5-6H,3-4,7H2,1-2H3,(H,14,15). The number of esters is 1. The molecule has 1 amide bonds. The lowest BCUT2D eigenvalue weighted by molar-refractivity contribution is 0.0521. The molecule has 0 aliphatic carbocycles. The Labute approximate surface area is 105 Å². The SMILES string of the molecule is CCOC(=O)c1cc2c(cc1OCC)C(=O)NC2. The minimum atomic E-state index is -0.428. The third-order valence-electron chi connectivity index (χ3n) is 2.68. The summed E-state index contributed by atoms with van der Waals surface area (Å²) in [7, 11) is 0. The first kappa shape index (κ1) is 12.4. The maximum absolute atomic E-state index is 11.8. The fraction of sp³-hybridized carbons (Fsp3) is 0.385. The predicted octanol–water partition coefficient (Wildman–Crippen LogP) is 1.51. The first-order chi connectivity index (χ1) is 8.67. The second kappa shape index (κ2) is 5.08. The zero-order chi connectivity index (χ0) is 13.1. The monoisotopic (exact) mass is 249 g/mol. The summed E-state index contributed by atoms with van der Waals surface area (Å²) in [6, 6.07) is 3.27. The molecule has 2 rings (SSSR count). The van der Waals surface area contributed by atoms with Gasteiger partial charge in [-0.3, -0.25) is 4.79 Å². The molecule has 0 fully saturated rings. The molecule has 0 spiro atoms. The van der Waals surface area contributed by atoms with E-state index >= 15 is 0 Å². The van der Waals surface area contributed by atoms with Crippen molar-refractivity contribution in [3.05, 3.63) is 28.8 Å². The number of ether oxygens (including phenoxy) is 2. The normalized spacial score (nSPS) is 12.9. The third-order valence-corrected chi connectivity index (χ3v) is 2.68. The molecule has 96 valence electrons. The Kier molecular flexibility index (Phi) is 3.50. The van der Waals surface area contributed by atoms with Crippen LogP contribution < -0.4 is 10.1 Å². The van der Waals surface area contributed by atoms with Crippen molar-refractivity contribution in [2.45, 2.75) is 20.4 Å². The fourth-order valence-corrected chi connectivity index (χ4v) is 1.90. The highest BCUT2D eigenvalue weighted by Crippen LogP contribution is 2.27. The van der Waals surface area contributed by atoms with Gasteiger partial charge in [-0.25, -0.2) is 4.79 Å². The number of benzene rings is 1. The van der Waals surface area contributed by atoms with Crippen LogP contribution in [0.3, 0.4) is 0 Å². The van der Waals surface area contributed by atoms with Crippen molar-refractivity contribution in [2.24, 2.45) is 0 Å². The van der Waals surface area contributed by atoms with Gasteiger partial charge in [0.1, 0.15) is 11.3 Å². The minimum absolute atomic E-state index is 0.138. The molecule has 1 heterocycles. The zero-order valence-electron chi connectivity index (χ0n) is 10.4. The summed E-state index contributed by atoms with van der Waals surface area (Å²) < 4.78 is 10.4. The van der Waals surface area contributed by atoms with E-state index in [2.05, 4.69) is 5.32 Å². The smallest absolute Gasteiger partial charge is 0.341 e. The highest BCUT2D eigenvalue weighted by Gasteiger charge is 2.24. The maximum Gasteiger partial charge on any atom is 0.341 e. The summed E-state index contributed by atoms with van der Waals surface area (Å²) >= 11 is 0. The lowest BCUT2D eigenvalue weighted by atomic mass is 10.0. The Morgan fingerprint density at radius 1 is 1.33 bits per heavy atom. The molecule has 5 nitrogen and oxygen atoms in total.